The lowest BCUT2D eigenvalue weighted by atomic mass is 9.95. The van der Waals surface area contributed by atoms with E-state index >= 15 is 0 Å². The van der Waals surface area contributed by atoms with Crippen molar-refractivity contribution in [1.82, 2.24) is 4.98 Å². The van der Waals surface area contributed by atoms with Crippen molar-refractivity contribution in [1.29, 1.82) is 0 Å². The van der Waals surface area contributed by atoms with Crippen molar-refractivity contribution >= 4 is 55.7 Å². The van der Waals surface area contributed by atoms with Gasteiger partial charge in [0.1, 0.15) is 23.1 Å². The fourth-order valence-corrected chi connectivity index (χ4v) is 5.41. The maximum atomic E-state index is 13.8. The van der Waals surface area contributed by atoms with Crippen LogP contribution in [0.4, 0.5) is 9.52 Å². The van der Waals surface area contributed by atoms with Gasteiger partial charge in [-0.2, -0.15) is 0 Å². The summed E-state index contributed by atoms with van der Waals surface area (Å²) >= 11 is 7.27. The van der Waals surface area contributed by atoms with E-state index in [0.29, 0.717) is 38.9 Å². The van der Waals surface area contributed by atoms with Crippen LogP contribution in [0.1, 0.15) is 24.1 Å². The van der Waals surface area contributed by atoms with Crippen molar-refractivity contribution in [2.24, 2.45) is 0 Å². The van der Waals surface area contributed by atoms with E-state index in [0.717, 1.165) is 11.3 Å². The molecule has 188 valence electrons. The molecule has 1 aromatic heterocycles. The van der Waals surface area contributed by atoms with Crippen LogP contribution in [0.2, 0.25) is 5.02 Å². The standard InChI is InChI=1S/C27H20ClFN2O5S/c1-3-36-20-12-15(7-9-18(20)28)24(32)22-23(14-5-4-6-17(11-14)35-2)31(26(34)25(22)33)27-30-19-10-8-16(29)13-21(19)37-27/h4-13,23,32H,3H2,1-2H3/b24-22+. The molecule has 1 atom stereocenters. The first-order valence-corrected chi connectivity index (χ1v) is 12.5. The first kappa shape index (κ1) is 24.7. The van der Waals surface area contributed by atoms with Crippen LogP contribution in [0.15, 0.2) is 66.2 Å². The minimum atomic E-state index is -1.02. The number of anilines is 1. The minimum Gasteiger partial charge on any atom is -0.507 e. The molecule has 3 aromatic carbocycles. The van der Waals surface area contributed by atoms with Gasteiger partial charge in [-0.3, -0.25) is 14.5 Å². The number of aliphatic hydroxyl groups is 1. The number of ether oxygens (including phenoxy) is 2. The Morgan fingerprint density at radius 2 is 1.97 bits per heavy atom. The highest BCUT2D eigenvalue weighted by Gasteiger charge is 2.48. The molecule has 10 heteroatoms. The summed E-state index contributed by atoms with van der Waals surface area (Å²) < 4.78 is 25.2. The molecule has 1 fully saturated rings. The van der Waals surface area contributed by atoms with Crippen molar-refractivity contribution in [2.75, 3.05) is 18.6 Å². The summed E-state index contributed by atoms with van der Waals surface area (Å²) in [4.78, 5) is 32.5. The summed E-state index contributed by atoms with van der Waals surface area (Å²) in [7, 11) is 1.50. The zero-order valence-corrected chi connectivity index (χ0v) is 21.3. The van der Waals surface area contributed by atoms with Gasteiger partial charge in [0, 0.05) is 5.56 Å². The van der Waals surface area contributed by atoms with Gasteiger partial charge in [-0.25, -0.2) is 9.37 Å². The van der Waals surface area contributed by atoms with E-state index in [1.54, 1.807) is 37.3 Å². The molecule has 1 aliphatic heterocycles. The number of benzene rings is 3. The van der Waals surface area contributed by atoms with Gasteiger partial charge in [0.25, 0.3) is 5.78 Å². The fraction of sp³-hybridized carbons (Fsp3) is 0.148. The van der Waals surface area contributed by atoms with Crippen LogP contribution in [-0.2, 0) is 9.59 Å². The predicted octanol–water partition coefficient (Wildman–Crippen LogP) is 6.12. The number of halogens is 2. The van der Waals surface area contributed by atoms with E-state index in [-0.39, 0.29) is 16.3 Å². The average molecular weight is 539 g/mol. The quantitative estimate of drug-likeness (QED) is 0.181. The summed E-state index contributed by atoms with van der Waals surface area (Å²) in [6.45, 7) is 2.14. The van der Waals surface area contributed by atoms with Gasteiger partial charge in [-0.1, -0.05) is 35.1 Å². The largest absolute Gasteiger partial charge is 0.507 e. The number of aromatic nitrogens is 1. The first-order chi connectivity index (χ1) is 17.8. The topological polar surface area (TPSA) is 89.0 Å². The van der Waals surface area contributed by atoms with Gasteiger partial charge in [0.15, 0.2) is 5.13 Å². The molecule has 7 nitrogen and oxygen atoms in total. The van der Waals surface area contributed by atoms with E-state index in [4.69, 9.17) is 21.1 Å². The van der Waals surface area contributed by atoms with E-state index < -0.39 is 29.3 Å². The lowest BCUT2D eigenvalue weighted by Crippen LogP contribution is -2.29. The van der Waals surface area contributed by atoms with Crippen molar-refractivity contribution in [3.8, 4) is 11.5 Å². The van der Waals surface area contributed by atoms with Crippen LogP contribution < -0.4 is 14.4 Å². The number of carbonyl (C=O) groups excluding carboxylic acids is 2. The minimum absolute atomic E-state index is 0.131. The molecule has 1 N–H and O–H groups in total. The van der Waals surface area contributed by atoms with Crippen molar-refractivity contribution in [3.05, 3.63) is 88.2 Å². The number of hydrogen-bond donors (Lipinski definition) is 1. The monoisotopic (exact) mass is 538 g/mol. The summed E-state index contributed by atoms with van der Waals surface area (Å²) in [5.74, 6) is -1.76. The summed E-state index contributed by atoms with van der Waals surface area (Å²) in [5.41, 5.74) is 1.12. The van der Waals surface area contributed by atoms with E-state index in [9.17, 15) is 19.1 Å². The Balaban J connectivity index is 1.73. The Morgan fingerprint density at radius 1 is 1.16 bits per heavy atom. The van der Waals surface area contributed by atoms with Gasteiger partial charge < -0.3 is 14.6 Å². The second-order valence-corrected chi connectivity index (χ2v) is 9.55. The SMILES string of the molecule is CCOc1cc(/C(O)=C2\C(=O)C(=O)N(c3nc4ccc(F)cc4s3)C2c2cccc(OC)c2)ccc1Cl. The Kier molecular flexibility index (Phi) is 6.57. The predicted molar refractivity (Wildman–Crippen MR) is 140 cm³/mol. The number of carbonyl (C=O) groups is 2. The molecule has 0 bridgehead atoms. The molecule has 37 heavy (non-hydrogen) atoms. The molecular weight excluding hydrogens is 519 g/mol. The van der Waals surface area contributed by atoms with Crippen molar-refractivity contribution in [2.45, 2.75) is 13.0 Å². The third-order valence-corrected chi connectivity index (χ3v) is 7.23. The van der Waals surface area contributed by atoms with E-state index in [2.05, 4.69) is 4.98 Å². The number of aliphatic hydroxyl groups excluding tert-OH is 1. The lowest BCUT2D eigenvalue weighted by Gasteiger charge is -2.23. The molecule has 1 saturated heterocycles. The second kappa shape index (κ2) is 9.84. The molecule has 1 unspecified atom stereocenters. The highest BCUT2D eigenvalue weighted by Crippen LogP contribution is 2.45. The van der Waals surface area contributed by atoms with Crippen LogP contribution in [0, 0.1) is 5.82 Å². The van der Waals surface area contributed by atoms with Gasteiger partial charge in [-0.05, 0) is 61.0 Å². The summed E-state index contributed by atoms with van der Waals surface area (Å²) in [6.07, 6.45) is 0. The smallest absolute Gasteiger partial charge is 0.301 e. The van der Waals surface area contributed by atoms with E-state index in [1.165, 1.54) is 42.3 Å². The Hall–Kier alpha value is -3.95. The summed E-state index contributed by atoms with van der Waals surface area (Å²) in [6, 6.07) is 14.5. The average Bonchev–Trinajstić information content (AvgIpc) is 3.42. The highest BCUT2D eigenvalue weighted by molar-refractivity contribution is 7.22. The molecule has 5 rings (SSSR count). The molecule has 4 aromatic rings. The van der Waals surface area contributed by atoms with E-state index in [1.807, 2.05) is 0 Å². The number of fused-ring (bicyclic) bond motifs is 1. The molecular formula is C27H20ClFN2O5S. The van der Waals surface area contributed by atoms with Gasteiger partial charge in [-0.15, -0.1) is 0 Å². The molecule has 0 aliphatic carbocycles. The molecule has 1 amide bonds. The lowest BCUT2D eigenvalue weighted by molar-refractivity contribution is -0.132. The second-order valence-electron chi connectivity index (χ2n) is 8.13. The number of nitrogens with zero attached hydrogens (tertiary/aromatic N) is 2. The molecule has 2 heterocycles. The number of rotatable bonds is 6. The summed E-state index contributed by atoms with van der Waals surface area (Å²) in [5, 5.41) is 11.9. The number of Topliss-reactive ketones (excluding diaryl/α,β-unsaturated/α-hetero) is 1. The Bertz CT molecular complexity index is 1580. The van der Waals surface area contributed by atoms with Gasteiger partial charge in [0.2, 0.25) is 0 Å². The van der Waals surface area contributed by atoms with Crippen LogP contribution in [0.5, 0.6) is 11.5 Å². The number of methoxy groups -OCH3 is 1. The van der Waals surface area contributed by atoms with Crippen LogP contribution in [0.25, 0.3) is 16.0 Å². The molecule has 0 saturated carbocycles. The van der Waals surface area contributed by atoms with Gasteiger partial charge >= 0.3 is 5.91 Å². The third-order valence-electron chi connectivity index (χ3n) is 5.90. The maximum Gasteiger partial charge on any atom is 0.301 e. The number of hydrogen-bond acceptors (Lipinski definition) is 7. The number of amides is 1. The third kappa shape index (κ3) is 4.41. The van der Waals surface area contributed by atoms with Crippen LogP contribution in [-0.4, -0.2) is 35.5 Å². The highest BCUT2D eigenvalue weighted by atomic mass is 35.5. The Labute approximate surface area is 220 Å². The molecule has 0 radical (unpaired) electrons. The normalized spacial score (nSPS) is 17.0. The first-order valence-electron chi connectivity index (χ1n) is 11.3. The zero-order chi connectivity index (χ0) is 26.3. The van der Waals surface area contributed by atoms with Crippen molar-refractivity contribution < 1.29 is 28.6 Å². The number of thiazole rings is 1. The molecule has 0 spiro atoms. The van der Waals surface area contributed by atoms with Crippen molar-refractivity contribution in [3.63, 3.8) is 0 Å². The van der Waals surface area contributed by atoms with Crippen LogP contribution >= 0.6 is 22.9 Å². The van der Waals surface area contributed by atoms with Crippen LogP contribution in [0.3, 0.4) is 0 Å². The van der Waals surface area contributed by atoms with Gasteiger partial charge in [0.05, 0.1) is 40.6 Å². The maximum absolute atomic E-state index is 13.8. The molecule has 1 aliphatic rings. The zero-order valence-electron chi connectivity index (χ0n) is 19.7. The fourth-order valence-electron chi connectivity index (χ4n) is 4.22. The number of ketones is 1. The Morgan fingerprint density at radius 3 is 2.73 bits per heavy atom.